The molecule has 2 aliphatic carbocycles. The highest BCUT2D eigenvalue weighted by molar-refractivity contribution is 5.69. The molecule has 1 saturated heterocycles. The highest BCUT2D eigenvalue weighted by atomic mass is 16.6. The lowest BCUT2D eigenvalue weighted by atomic mass is 9.81. The summed E-state index contributed by atoms with van der Waals surface area (Å²) in [6, 6.07) is 1.85. The number of nitrogens with one attached hydrogen (secondary N) is 2. The summed E-state index contributed by atoms with van der Waals surface area (Å²) >= 11 is 0. The first kappa shape index (κ1) is 37.8. The van der Waals surface area contributed by atoms with Crippen LogP contribution in [-0.4, -0.2) is 102 Å². The SMILES string of the molecule is CC(C)(C)OC(=O)N(CCCN(C[C@H]1CC[C@H](CNc2nc(N)cc(N3CCNCC3)n2)CC1)C(=O)OC(C)(C)C)CC1CCCCC1. The maximum Gasteiger partial charge on any atom is 0.410 e. The van der Waals surface area contributed by atoms with Gasteiger partial charge in [-0.25, -0.2) is 9.59 Å². The molecule has 4 N–H and O–H groups in total. The smallest absolute Gasteiger partial charge is 0.410 e. The number of anilines is 3. The molecule has 0 atom stereocenters. The van der Waals surface area contributed by atoms with Crippen molar-refractivity contribution < 1.29 is 19.1 Å². The summed E-state index contributed by atoms with van der Waals surface area (Å²) in [7, 11) is 0. The van der Waals surface area contributed by atoms with Crippen LogP contribution in [0, 0.1) is 17.8 Å². The van der Waals surface area contributed by atoms with Crippen molar-refractivity contribution in [2.75, 3.05) is 74.9 Å². The minimum atomic E-state index is -0.574. The molecule has 0 unspecified atom stereocenters. The minimum Gasteiger partial charge on any atom is -0.444 e. The Hall–Kier alpha value is -3.02. The summed E-state index contributed by atoms with van der Waals surface area (Å²) < 4.78 is 11.6. The van der Waals surface area contributed by atoms with Crippen LogP contribution < -0.4 is 21.3 Å². The van der Waals surface area contributed by atoms with Crippen LogP contribution in [0.3, 0.4) is 0 Å². The van der Waals surface area contributed by atoms with Crippen LogP contribution in [0.1, 0.15) is 106 Å². The molecule has 0 spiro atoms. The Kier molecular flexibility index (Phi) is 13.8. The van der Waals surface area contributed by atoms with E-state index in [-0.39, 0.29) is 12.2 Å². The molecule has 12 heteroatoms. The first-order chi connectivity index (χ1) is 22.7. The van der Waals surface area contributed by atoms with Gasteiger partial charge in [-0.05, 0) is 104 Å². The van der Waals surface area contributed by atoms with Gasteiger partial charge >= 0.3 is 12.2 Å². The van der Waals surface area contributed by atoms with E-state index in [1.807, 2.05) is 57.4 Å². The lowest BCUT2D eigenvalue weighted by Gasteiger charge is -2.35. The molecule has 12 nitrogen and oxygen atoms in total. The van der Waals surface area contributed by atoms with E-state index in [0.717, 1.165) is 83.6 Å². The second kappa shape index (κ2) is 17.6. The number of hydrogen-bond acceptors (Lipinski definition) is 10. The highest BCUT2D eigenvalue weighted by Crippen LogP contribution is 2.31. The van der Waals surface area contributed by atoms with Gasteiger partial charge in [0.25, 0.3) is 0 Å². The summed E-state index contributed by atoms with van der Waals surface area (Å²) in [5.74, 6) is 3.37. The third-order valence-electron chi connectivity index (χ3n) is 9.53. The van der Waals surface area contributed by atoms with E-state index in [4.69, 9.17) is 20.2 Å². The topological polar surface area (TPSA) is 138 Å². The largest absolute Gasteiger partial charge is 0.444 e. The monoisotopic (exact) mass is 673 g/mol. The maximum atomic E-state index is 13.4. The highest BCUT2D eigenvalue weighted by Gasteiger charge is 2.30. The Labute approximate surface area is 289 Å². The van der Waals surface area contributed by atoms with Gasteiger partial charge < -0.3 is 40.5 Å². The molecule has 48 heavy (non-hydrogen) atoms. The van der Waals surface area contributed by atoms with Gasteiger partial charge in [-0.15, -0.1) is 0 Å². The van der Waals surface area contributed by atoms with Gasteiger partial charge in [0, 0.05) is 65.0 Å². The number of rotatable bonds is 12. The molecule has 4 rings (SSSR count). The number of carbonyl (C=O) groups excluding carboxylic acids is 2. The van der Waals surface area contributed by atoms with Crippen LogP contribution in [0.5, 0.6) is 0 Å². The third kappa shape index (κ3) is 13.1. The molecule has 2 amide bonds. The Balaban J connectivity index is 1.29. The molecular formula is C36H64N8O4. The van der Waals surface area contributed by atoms with Crippen molar-refractivity contribution in [1.29, 1.82) is 0 Å². The van der Waals surface area contributed by atoms with E-state index >= 15 is 0 Å². The van der Waals surface area contributed by atoms with Crippen LogP contribution >= 0.6 is 0 Å². The number of amides is 2. The van der Waals surface area contributed by atoms with Crippen molar-refractivity contribution in [2.45, 2.75) is 117 Å². The molecule has 1 aromatic heterocycles. The first-order valence-corrected chi connectivity index (χ1v) is 18.5. The van der Waals surface area contributed by atoms with Gasteiger partial charge in [0.15, 0.2) is 0 Å². The number of carbonyl (C=O) groups is 2. The molecular weight excluding hydrogens is 608 g/mol. The first-order valence-electron chi connectivity index (χ1n) is 18.5. The van der Waals surface area contributed by atoms with E-state index in [1.54, 1.807) is 0 Å². The van der Waals surface area contributed by atoms with E-state index in [0.29, 0.717) is 55.6 Å². The number of aromatic nitrogens is 2. The van der Waals surface area contributed by atoms with Gasteiger partial charge in [-0.1, -0.05) is 19.3 Å². The van der Waals surface area contributed by atoms with Crippen molar-refractivity contribution in [3.63, 3.8) is 0 Å². The van der Waals surface area contributed by atoms with Gasteiger partial charge in [0.05, 0.1) is 0 Å². The predicted octanol–water partition coefficient (Wildman–Crippen LogP) is 6.13. The zero-order chi connectivity index (χ0) is 34.7. The second-order valence-corrected chi connectivity index (χ2v) is 16.2. The molecule has 3 aliphatic rings. The van der Waals surface area contributed by atoms with Crippen molar-refractivity contribution in [2.24, 2.45) is 17.8 Å². The van der Waals surface area contributed by atoms with E-state index < -0.39 is 11.2 Å². The molecule has 0 bridgehead atoms. The fourth-order valence-electron chi connectivity index (χ4n) is 7.05. The lowest BCUT2D eigenvalue weighted by Crippen LogP contribution is -2.44. The molecule has 0 aromatic carbocycles. The van der Waals surface area contributed by atoms with Gasteiger partial charge in [0.1, 0.15) is 22.8 Å². The van der Waals surface area contributed by atoms with Crippen molar-refractivity contribution >= 4 is 29.8 Å². The summed E-state index contributed by atoms with van der Waals surface area (Å²) in [6.07, 6.45) is 10.4. The Morgan fingerprint density at radius 3 is 1.90 bits per heavy atom. The standard InChI is InChI=1S/C36H64N8O4/c1-35(2,3)47-33(45)43(25-28-11-8-7-9-12-28)19-10-20-44(34(46)48-36(4,5)6)26-29-15-13-27(14-16-29)24-39-32-40-30(37)23-31(41-32)42-21-17-38-18-22-42/h23,27-29,38H,7-22,24-26H2,1-6H3,(H3,37,39,40,41)/t27-,29-. The predicted molar refractivity (Wildman–Crippen MR) is 192 cm³/mol. The Morgan fingerprint density at radius 2 is 1.35 bits per heavy atom. The zero-order valence-corrected chi connectivity index (χ0v) is 30.7. The number of hydrogen-bond donors (Lipinski definition) is 3. The molecule has 1 aliphatic heterocycles. The normalized spacial score (nSPS) is 21.0. The van der Waals surface area contributed by atoms with Gasteiger partial charge in [-0.2, -0.15) is 9.97 Å². The van der Waals surface area contributed by atoms with E-state index in [2.05, 4.69) is 20.5 Å². The molecule has 1 aromatic rings. The van der Waals surface area contributed by atoms with Crippen LogP contribution in [0.15, 0.2) is 6.07 Å². The van der Waals surface area contributed by atoms with Gasteiger partial charge in [-0.3, -0.25) is 0 Å². The zero-order valence-electron chi connectivity index (χ0n) is 30.7. The summed E-state index contributed by atoms with van der Waals surface area (Å²) in [5, 5.41) is 6.83. The van der Waals surface area contributed by atoms with Crippen LogP contribution in [-0.2, 0) is 9.47 Å². The van der Waals surface area contributed by atoms with E-state index in [9.17, 15) is 9.59 Å². The lowest BCUT2D eigenvalue weighted by molar-refractivity contribution is 0.0153. The fourth-order valence-corrected chi connectivity index (χ4v) is 7.05. The Bertz CT molecular complexity index is 1150. The number of nitrogens with zero attached hydrogens (tertiary/aromatic N) is 5. The van der Waals surface area contributed by atoms with Crippen molar-refractivity contribution in [1.82, 2.24) is 25.1 Å². The van der Waals surface area contributed by atoms with Crippen molar-refractivity contribution in [3.05, 3.63) is 6.07 Å². The molecule has 2 heterocycles. The summed E-state index contributed by atoms with van der Waals surface area (Å²) in [5.41, 5.74) is 5.01. The van der Waals surface area contributed by atoms with E-state index in [1.165, 1.54) is 19.3 Å². The quantitative estimate of drug-likeness (QED) is 0.238. The maximum absolute atomic E-state index is 13.4. The summed E-state index contributed by atoms with van der Waals surface area (Å²) in [4.78, 5) is 41.8. The molecule has 0 radical (unpaired) electrons. The minimum absolute atomic E-state index is 0.257. The number of nitrogen functional groups attached to an aromatic ring is 1. The number of nitrogens with two attached hydrogens (primary N) is 1. The van der Waals surface area contributed by atoms with Crippen LogP contribution in [0.4, 0.5) is 27.2 Å². The second-order valence-electron chi connectivity index (χ2n) is 16.2. The fraction of sp³-hybridized carbons (Fsp3) is 0.833. The number of ether oxygens (including phenoxy) is 2. The van der Waals surface area contributed by atoms with Crippen LogP contribution in [0.25, 0.3) is 0 Å². The number of piperazine rings is 1. The molecule has 3 fully saturated rings. The average molecular weight is 673 g/mol. The molecule has 272 valence electrons. The Morgan fingerprint density at radius 1 is 0.833 bits per heavy atom. The third-order valence-corrected chi connectivity index (χ3v) is 9.53. The average Bonchev–Trinajstić information content (AvgIpc) is 3.02. The van der Waals surface area contributed by atoms with Crippen LogP contribution in [0.2, 0.25) is 0 Å². The van der Waals surface area contributed by atoms with Gasteiger partial charge in [0.2, 0.25) is 5.95 Å². The van der Waals surface area contributed by atoms with Crippen molar-refractivity contribution in [3.8, 4) is 0 Å². The molecule has 2 saturated carbocycles. The summed E-state index contributed by atoms with van der Waals surface area (Å²) in [6.45, 7) is 18.4.